The number of hydrogen-bond acceptors (Lipinski definition) is 7. The van der Waals surface area contributed by atoms with Crippen molar-refractivity contribution >= 4 is 15.8 Å². The molecule has 0 aliphatic rings. The topological polar surface area (TPSA) is 138 Å². The number of rotatable bonds is 3. The molecule has 0 saturated carbocycles. The van der Waals surface area contributed by atoms with Crippen molar-refractivity contribution < 1.29 is 12.9 Å². The zero-order valence-corrected chi connectivity index (χ0v) is 12.0. The van der Waals surface area contributed by atoms with Gasteiger partial charge in [-0.15, -0.1) is 0 Å². The molecule has 2 heterocycles. The summed E-state index contributed by atoms with van der Waals surface area (Å²) in [4.78, 5) is 8.30. The van der Waals surface area contributed by atoms with Crippen LogP contribution in [0.4, 0.5) is 5.82 Å². The van der Waals surface area contributed by atoms with E-state index >= 15 is 0 Å². The molecule has 0 aliphatic heterocycles. The van der Waals surface area contributed by atoms with Crippen LogP contribution in [0.15, 0.2) is 51.9 Å². The maximum Gasteiger partial charge on any atom is 0.276 e. The van der Waals surface area contributed by atoms with Gasteiger partial charge in [0.1, 0.15) is 11.5 Å². The maximum atomic E-state index is 11.2. The van der Waals surface area contributed by atoms with Gasteiger partial charge in [0.25, 0.3) is 5.89 Å². The molecule has 0 bridgehead atoms. The molecule has 2 aromatic heterocycles. The number of hydrogen-bond donors (Lipinski definition) is 2. The lowest BCUT2D eigenvalue weighted by atomic mass is 10.2. The quantitative estimate of drug-likeness (QED) is 0.735. The number of anilines is 1. The molecule has 4 N–H and O–H groups in total. The summed E-state index contributed by atoms with van der Waals surface area (Å²) < 4.78 is 27.6. The van der Waals surface area contributed by atoms with E-state index in [4.69, 9.17) is 15.4 Å². The van der Waals surface area contributed by atoms with Crippen molar-refractivity contribution in [2.24, 2.45) is 5.14 Å². The van der Waals surface area contributed by atoms with E-state index in [1.54, 1.807) is 30.3 Å². The Hall–Kier alpha value is -2.78. The molecule has 9 heteroatoms. The number of nitrogens with zero attached hydrogens (tertiary/aromatic N) is 3. The second-order valence-corrected chi connectivity index (χ2v) is 6.00. The molecular weight excluding hydrogens is 306 g/mol. The molecule has 0 saturated heterocycles. The first kappa shape index (κ1) is 14.2. The van der Waals surface area contributed by atoms with Crippen LogP contribution in [0.3, 0.4) is 0 Å². The molecular formula is C13H11N5O3S. The Bertz CT molecular complexity index is 919. The zero-order chi connectivity index (χ0) is 15.7. The summed E-state index contributed by atoms with van der Waals surface area (Å²) in [6, 6.07) is 10.9. The number of pyridine rings is 1. The van der Waals surface area contributed by atoms with Gasteiger partial charge in [-0.3, -0.25) is 0 Å². The smallest absolute Gasteiger partial charge is 0.276 e. The molecule has 3 rings (SSSR count). The highest BCUT2D eigenvalue weighted by atomic mass is 32.2. The summed E-state index contributed by atoms with van der Waals surface area (Å²) in [5.41, 5.74) is 6.65. The van der Waals surface area contributed by atoms with Crippen LogP contribution in [0, 0.1) is 0 Å². The highest BCUT2D eigenvalue weighted by molar-refractivity contribution is 7.89. The van der Waals surface area contributed by atoms with Crippen LogP contribution in [-0.4, -0.2) is 23.5 Å². The number of sulfonamides is 1. The molecule has 8 nitrogen and oxygen atoms in total. The lowest BCUT2D eigenvalue weighted by Crippen LogP contribution is -2.11. The Kier molecular flexibility index (Phi) is 3.35. The summed E-state index contributed by atoms with van der Waals surface area (Å²) in [7, 11) is -3.73. The molecule has 0 radical (unpaired) electrons. The van der Waals surface area contributed by atoms with Gasteiger partial charge in [-0.25, -0.2) is 18.5 Å². The molecule has 0 fully saturated rings. The van der Waals surface area contributed by atoms with Crippen LogP contribution in [0.2, 0.25) is 0 Å². The molecule has 0 unspecified atom stereocenters. The van der Waals surface area contributed by atoms with Crippen molar-refractivity contribution in [1.29, 1.82) is 0 Å². The van der Waals surface area contributed by atoms with Gasteiger partial charge in [-0.1, -0.05) is 11.2 Å². The predicted octanol–water partition coefficient (Wildman–Crippen LogP) is 1.03. The summed E-state index contributed by atoms with van der Waals surface area (Å²) in [5, 5.41) is 8.88. The van der Waals surface area contributed by atoms with Crippen molar-refractivity contribution in [1.82, 2.24) is 15.1 Å². The molecule has 0 amide bonds. The van der Waals surface area contributed by atoms with E-state index < -0.39 is 10.0 Å². The minimum Gasteiger partial charge on any atom is -0.384 e. The van der Waals surface area contributed by atoms with Gasteiger partial charge in [-0.2, -0.15) is 4.98 Å². The minimum atomic E-state index is -3.73. The van der Waals surface area contributed by atoms with Gasteiger partial charge < -0.3 is 10.3 Å². The van der Waals surface area contributed by atoms with Gasteiger partial charge >= 0.3 is 0 Å². The Balaban J connectivity index is 1.94. The van der Waals surface area contributed by atoms with Crippen LogP contribution in [0.25, 0.3) is 23.0 Å². The molecule has 3 aromatic rings. The van der Waals surface area contributed by atoms with E-state index in [-0.39, 0.29) is 10.8 Å². The molecule has 112 valence electrons. The Labute approximate surface area is 125 Å². The number of benzene rings is 1. The third-order valence-corrected chi connectivity index (χ3v) is 3.79. The second-order valence-electron chi connectivity index (χ2n) is 4.44. The Morgan fingerprint density at radius 2 is 1.73 bits per heavy atom. The lowest BCUT2D eigenvalue weighted by Gasteiger charge is -1.98. The monoisotopic (exact) mass is 317 g/mol. The normalized spacial score (nSPS) is 11.5. The van der Waals surface area contributed by atoms with E-state index in [1.165, 1.54) is 12.1 Å². The van der Waals surface area contributed by atoms with Crippen molar-refractivity contribution in [2.45, 2.75) is 4.90 Å². The van der Waals surface area contributed by atoms with Crippen LogP contribution in [-0.2, 0) is 10.0 Å². The number of nitrogen functional groups attached to an aromatic ring is 1. The third-order valence-electron chi connectivity index (χ3n) is 2.86. The van der Waals surface area contributed by atoms with Crippen molar-refractivity contribution in [2.75, 3.05) is 5.73 Å². The fraction of sp³-hybridized carbons (Fsp3) is 0. The average molecular weight is 317 g/mol. The first-order chi connectivity index (χ1) is 10.4. The van der Waals surface area contributed by atoms with Crippen LogP contribution >= 0.6 is 0 Å². The summed E-state index contributed by atoms with van der Waals surface area (Å²) in [6.45, 7) is 0. The number of aromatic nitrogens is 3. The van der Waals surface area contributed by atoms with Crippen LogP contribution in [0.5, 0.6) is 0 Å². The zero-order valence-electron chi connectivity index (χ0n) is 11.2. The second kappa shape index (κ2) is 5.20. The van der Waals surface area contributed by atoms with E-state index in [2.05, 4.69) is 15.1 Å². The van der Waals surface area contributed by atoms with E-state index in [0.717, 1.165) is 0 Å². The molecule has 22 heavy (non-hydrogen) atoms. The van der Waals surface area contributed by atoms with Crippen molar-refractivity contribution in [3.63, 3.8) is 0 Å². The first-order valence-electron chi connectivity index (χ1n) is 6.13. The van der Waals surface area contributed by atoms with Gasteiger partial charge in [-0.05, 0) is 36.4 Å². The predicted molar refractivity (Wildman–Crippen MR) is 78.8 cm³/mol. The highest BCUT2D eigenvalue weighted by Crippen LogP contribution is 2.22. The first-order valence-corrected chi connectivity index (χ1v) is 7.68. The fourth-order valence-electron chi connectivity index (χ4n) is 1.81. The SMILES string of the molecule is Nc1cccc(-c2nc(-c3ccc(S(N)(=O)=O)cc3)no2)n1. The largest absolute Gasteiger partial charge is 0.384 e. The van der Waals surface area contributed by atoms with Crippen molar-refractivity contribution in [3.8, 4) is 23.0 Å². The van der Waals surface area contributed by atoms with Gasteiger partial charge in [0.2, 0.25) is 15.8 Å². The van der Waals surface area contributed by atoms with Gasteiger partial charge in [0.05, 0.1) is 4.90 Å². The maximum absolute atomic E-state index is 11.2. The fourth-order valence-corrected chi connectivity index (χ4v) is 2.32. The van der Waals surface area contributed by atoms with Gasteiger partial charge in [0, 0.05) is 5.56 Å². The van der Waals surface area contributed by atoms with Gasteiger partial charge in [0.15, 0.2) is 0 Å². The Morgan fingerprint density at radius 1 is 1.00 bits per heavy atom. The molecule has 0 spiro atoms. The summed E-state index contributed by atoms with van der Waals surface area (Å²) >= 11 is 0. The van der Waals surface area contributed by atoms with E-state index in [1.807, 2.05) is 0 Å². The van der Waals surface area contributed by atoms with Crippen molar-refractivity contribution in [3.05, 3.63) is 42.5 Å². The molecule has 0 aliphatic carbocycles. The summed E-state index contributed by atoms with van der Waals surface area (Å²) in [6.07, 6.45) is 0. The number of nitrogens with two attached hydrogens (primary N) is 2. The number of primary sulfonamides is 1. The van der Waals surface area contributed by atoms with Crippen LogP contribution < -0.4 is 10.9 Å². The molecule has 0 atom stereocenters. The average Bonchev–Trinajstić information content (AvgIpc) is 2.96. The lowest BCUT2D eigenvalue weighted by molar-refractivity contribution is 0.431. The van der Waals surface area contributed by atoms with Crippen LogP contribution in [0.1, 0.15) is 0 Å². The summed E-state index contributed by atoms with van der Waals surface area (Å²) in [5.74, 6) is 0.868. The Morgan fingerprint density at radius 3 is 2.36 bits per heavy atom. The molecule has 1 aromatic carbocycles. The standard InChI is InChI=1S/C13H11N5O3S/c14-11-3-1-2-10(16-11)13-17-12(18-21-13)8-4-6-9(7-5-8)22(15,19)20/h1-7H,(H2,14,16)(H2,15,19,20). The van der Waals surface area contributed by atoms with E-state index in [9.17, 15) is 8.42 Å². The third kappa shape index (κ3) is 2.80. The minimum absolute atomic E-state index is 0.0115. The highest BCUT2D eigenvalue weighted by Gasteiger charge is 2.13. The van der Waals surface area contributed by atoms with E-state index in [0.29, 0.717) is 22.9 Å².